The third-order valence-corrected chi connectivity index (χ3v) is 4.22. The van der Waals surface area contributed by atoms with E-state index in [4.69, 9.17) is 0 Å². The van der Waals surface area contributed by atoms with Gasteiger partial charge in [0.1, 0.15) is 6.04 Å². The number of benzene rings is 1. The van der Waals surface area contributed by atoms with Crippen LogP contribution < -0.4 is 5.32 Å². The van der Waals surface area contributed by atoms with Crippen molar-refractivity contribution in [2.45, 2.75) is 51.8 Å². The average Bonchev–Trinajstić information content (AvgIpc) is 3.37. The molecule has 2 atom stereocenters. The average molecular weight is 318 g/mol. The molecular formula is C18H26N2O3. The Hall–Kier alpha value is -1.88. The number of hydrogen-bond acceptors (Lipinski definition) is 3. The van der Waals surface area contributed by atoms with E-state index in [0.717, 1.165) is 24.8 Å². The second-order valence-corrected chi connectivity index (χ2v) is 6.37. The lowest BCUT2D eigenvalue weighted by Gasteiger charge is -2.26. The van der Waals surface area contributed by atoms with Crippen molar-refractivity contribution in [2.24, 2.45) is 5.92 Å². The van der Waals surface area contributed by atoms with E-state index in [1.807, 2.05) is 12.1 Å². The lowest BCUT2D eigenvalue weighted by Crippen LogP contribution is -2.53. The molecule has 126 valence electrons. The Balaban J connectivity index is 1.97. The van der Waals surface area contributed by atoms with Crippen LogP contribution >= 0.6 is 0 Å². The number of carbonyl (C=O) groups is 2. The number of aliphatic hydroxyl groups excluding tert-OH is 1. The maximum absolute atomic E-state index is 12.5. The summed E-state index contributed by atoms with van der Waals surface area (Å²) in [6.07, 6.45) is 1.79. The van der Waals surface area contributed by atoms with Gasteiger partial charge in [0.25, 0.3) is 0 Å². The molecule has 2 amide bonds. The Labute approximate surface area is 137 Å². The first-order valence-corrected chi connectivity index (χ1v) is 8.23. The fourth-order valence-corrected chi connectivity index (χ4v) is 2.47. The minimum atomic E-state index is -0.921. The number of nitrogens with one attached hydrogen (secondary N) is 1. The van der Waals surface area contributed by atoms with E-state index in [-0.39, 0.29) is 17.7 Å². The van der Waals surface area contributed by atoms with Crippen LogP contribution in [0.4, 0.5) is 0 Å². The molecule has 1 aromatic carbocycles. The molecule has 0 radical (unpaired) electrons. The van der Waals surface area contributed by atoms with Crippen LogP contribution in [0.3, 0.4) is 0 Å². The predicted octanol–water partition coefficient (Wildman–Crippen LogP) is 1.48. The summed E-state index contributed by atoms with van der Waals surface area (Å²) in [4.78, 5) is 26.0. The third kappa shape index (κ3) is 4.79. The zero-order valence-corrected chi connectivity index (χ0v) is 14.1. The van der Waals surface area contributed by atoms with Crippen LogP contribution in [-0.4, -0.2) is 41.0 Å². The van der Waals surface area contributed by atoms with Gasteiger partial charge in [0.15, 0.2) is 0 Å². The molecule has 0 aromatic heterocycles. The molecule has 2 N–H and O–H groups in total. The number of likely N-dealkylation sites (N-methyl/N-ethyl adjacent to an activating group) is 1. The number of rotatable bonds is 7. The topological polar surface area (TPSA) is 69.6 Å². The molecule has 0 heterocycles. The maximum Gasteiger partial charge on any atom is 0.247 e. The highest BCUT2D eigenvalue weighted by atomic mass is 16.3. The summed E-state index contributed by atoms with van der Waals surface area (Å²) in [6, 6.07) is 7.22. The molecule has 2 unspecified atom stereocenters. The maximum atomic E-state index is 12.5. The summed E-state index contributed by atoms with van der Waals surface area (Å²) in [7, 11) is 1.69. The standard InChI is InChI=1S/C18H26N2O3/c1-4-13-5-7-14(8-6-13)11-20(3)18(23)16(12(2)21)19-17(22)15-9-10-15/h5-8,12,15-16,21H,4,9-11H2,1-3H3,(H,19,22). The Morgan fingerprint density at radius 2 is 1.83 bits per heavy atom. The molecule has 0 bridgehead atoms. The Morgan fingerprint density at radius 1 is 1.26 bits per heavy atom. The van der Waals surface area contributed by atoms with E-state index in [2.05, 4.69) is 24.4 Å². The van der Waals surface area contributed by atoms with Crippen LogP contribution in [0.2, 0.25) is 0 Å². The van der Waals surface area contributed by atoms with E-state index in [9.17, 15) is 14.7 Å². The van der Waals surface area contributed by atoms with Gasteiger partial charge in [0, 0.05) is 19.5 Å². The number of amides is 2. The summed E-state index contributed by atoms with van der Waals surface area (Å²) in [5.74, 6) is -0.394. The summed E-state index contributed by atoms with van der Waals surface area (Å²) in [5, 5.41) is 12.5. The summed E-state index contributed by atoms with van der Waals surface area (Å²) in [6.45, 7) is 4.07. The van der Waals surface area contributed by atoms with Crippen molar-refractivity contribution in [3.63, 3.8) is 0 Å². The monoisotopic (exact) mass is 318 g/mol. The molecule has 1 aliphatic rings. The second kappa shape index (κ2) is 7.59. The molecule has 5 nitrogen and oxygen atoms in total. The van der Waals surface area contributed by atoms with Crippen molar-refractivity contribution in [3.05, 3.63) is 35.4 Å². The van der Waals surface area contributed by atoms with Gasteiger partial charge in [0.2, 0.25) is 11.8 Å². The van der Waals surface area contributed by atoms with Gasteiger partial charge < -0.3 is 15.3 Å². The van der Waals surface area contributed by atoms with E-state index >= 15 is 0 Å². The first-order chi connectivity index (χ1) is 10.9. The Bertz CT molecular complexity index is 550. The molecule has 5 heteroatoms. The third-order valence-electron chi connectivity index (χ3n) is 4.22. The second-order valence-electron chi connectivity index (χ2n) is 6.37. The van der Waals surface area contributed by atoms with Gasteiger partial charge >= 0.3 is 0 Å². The molecule has 1 aliphatic carbocycles. The lowest BCUT2D eigenvalue weighted by molar-refractivity contribution is -0.139. The van der Waals surface area contributed by atoms with Crippen LogP contribution in [0.15, 0.2) is 24.3 Å². The molecule has 2 rings (SSSR count). The highest BCUT2D eigenvalue weighted by Gasteiger charge is 2.35. The summed E-state index contributed by atoms with van der Waals surface area (Å²) < 4.78 is 0. The highest BCUT2D eigenvalue weighted by Crippen LogP contribution is 2.29. The molecule has 1 saturated carbocycles. The van der Waals surface area contributed by atoms with Gasteiger partial charge in [-0.2, -0.15) is 0 Å². The minimum absolute atomic E-state index is 0.0101. The molecule has 0 saturated heterocycles. The van der Waals surface area contributed by atoms with Crippen molar-refractivity contribution in [1.82, 2.24) is 10.2 Å². The van der Waals surface area contributed by atoms with Crippen LogP contribution in [0.5, 0.6) is 0 Å². The van der Waals surface area contributed by atoms with Crippen molar-refractivity contribution in [2.75, 3.05) is 7.05 Å². The van der Waals surface area contributed by atoms with Crippen molar-refractivity contribution in [1.29, 1.82) is 0 Å². The van der Waals surface area contributed by atoms with Gasteiger partial charge in [-0.3, -0.25) is 9.59 Å². The first kappa shape index (κ1) is 17.5. The van der Waals surface area contributed by atoms with Gasteiger partial charge in [-0.05, 0) is 37.3 Å². The van der Waals surface area contributed by atoms with Crippen LogP contribution in [-0.2, 0) is 22.6 Å². The Kier molecular flexibility index (Phi) is 5.77. The van der Waals surface area contributed by atoms with Crippen molar-refractivity contribution < 1.29 is 14.7 Å². The van der Waals surface area contributed by atoms with Crippen LogP contribution in [0.1, 0.15) is 37.8 Å². The zero-order valence-electron chi connectivity index (χ0n) is 14.1. The van der Waals surface area contributed by atoms with Gasteiger partial charge in [-0.1, -0.05) is 31.2 Å². The Morgan fingerprint density at radius 3 is 2.30 bits per heavy atom. The number of carbonyl (C=O) groups excluding carboxylic acids is 2. The largest absolute Gasteiger partial charge is 0.391 e. The predicted molar refractivity (Wildman–Crippen MR) is 88.6 cm³/mol. The van der Waals surface area contributed by atoms with Crippen molar-refractivity contribution >= 4 is 11.8 Å². The number of nitrogens with zero attached hydrogens (tertiary/aromatic N) is 1. The van der Waals surface area contributed by atoms with Crippen LogP contribution in [0.25, 0.3) is 0 Å². The number of hydrogen-bond donors (Lipinski definition) is 2. The summed E-state index contributed by atoms with van der Waals surface area (Å²) >= 11 is 0. The van der Waals surface area contributed by atoms with E-state index in [1.54, 1.807) is 11.9 Å². The SMILES string of the molecule is CCc1ccc(CN(C)C(=O)C(NC(=O)C2CC2)C(C)O)cc1. The molecule has 1 fully saturated rings. The highest BCUT2D eigenvalue weighted by molar-refractivity contribution is 5.89. The van der Waals surface area contributed by atoms with Crippen LogP contribution in [0, 0.1) is 5.92 Å². The van der Waals surface area contributed by atoms with Crippen molar-refractivity contribution in [3.8, 4) is 0 Å². The van der Waals surface area contributed by atoms with E-state index in [0.29, 0.717) is 6.54 Å². The number of aryl methyl sites for hydroxylation is 1. The molecular weight excluding hydrogens is 292 g/mol. The van der Waals surface area contributed by atoms with E-state index in [1.165, 1.54) is 12.5 Å². The molecule has 0 spiro atoms. The number of aliphatic hydroxyl groups is 1. The van der Waals surface area contributed by atoms with E-state index < -0.39 is 12.1 Å². The summed E-state index contributed by atoms with van der Waals surface area (Å²) in [5.41, 5.74) is 2.28. The van der Waals surface area contributed by atoms with Gasteiger partial charge in [0.05, 0.1) is 6.10 Å². The molecule has 23 heavy (non-hydrogen) atoms. The zero-order chi connectivity index (χ0) is 17.0. The molecule has 1 aromatic rings. The first-order valence-electron chi connectivity index (χ1n) is 8.23. The normalized spacial score (nSPS) is 16.5. The quantitative estimate of drug-likeness (QED) is 0.800. The fraction of sp³-hybridized carbons (Fsp3) is 0.556. The van der Waals surface area contributed by atoms with Gasteiger partial charge in [-0.15, -0.1) is 0 Å². The smallest absolute Gasteiger partial charge is 0.247 e. The lowest BCUT2D eigenvalue weighted by atomic mass is 10.1. The molecule has 0 aliphatic heterocycles. The van der Waals surface area contributed by atoms with Gasteiger partial charge in [-0.25, -0.2) is 0 Å². The minimum Gasteiger partial charge on any atom is -0.391 e. The fourth-order valence-electron chi connectivity index (χ4n) is 2.47.